The highest BCUT2D eigenvalue weighted by Crippen LogP contribution is 2.34. The third kappa shape index (κ3) is 1.73. The largest absolute Gasteiger partial charge is 0.341 e. The molecular weight excluding hydrogens is 296 g/mol. The number of thiocarbonyl (C=S) groups is 1. The second kappa shape index (κ2) is 4.55. The zero-order valence-corrected chi connectivity index (χ0v) is 13.1. The van der Waals surface area contributed by atoms with Crippen molar-refractivity contribution in [1.82, 2.24) is 4.57 Å². The van der Waals surface area contributed by atoms with E-state index in [9.17, 15) is 0 Å². The van der Waals surface area contributed by atoms with E-state index in [1.165, 1.54) is 0 Å². The van der Waals surface area contributed by atoms with Gasteiger partial charge in [0.05, 0.1) is 16.2 Å². The van der Waals surface area contributed by atoms with Crippen LogP contribution in [0.25, 0.3) is 10.9 Å². The van der Waals surface area contributed by atoms with E-state index in [4.69, 9.17) is 29.8 Å². The van der Waals surface area contributed by atoms with Crippen molar-refractivity contribution in [2.45, 2.75) is 4.90 Å². The first-order valence-corrected chi connectivity index (χ1v) is 7.53. The molecule has 0 radical (unpaired) electrons. The van der Waals surface area contributed by atoms with Crippen LogP contribution in [0.15, 0.2) is 58.4 Å². The summed E-state index contributed by atoms with van der Waals surface area (Å²) in [5, 5.41) is 1.12. The molecule has 3 aromatic rings. The van der Waals surface area contributed by atoms with E-state index in [1.54, 1.807) is 0 Å². The van der Waals surface area contributed by atoms with Gasteiger partial charge in [0.25, 0.3) is 0 Å². The molecule has 1 aliphatic rings. The Hall–Kier alpha value is -1.91. The van der Waals surface area contributed by atoms with E-state index in [-0.39, 0.29) is 0 Å². The van der Waals surface area contributed by atoms with Crippen LogP contribution in [0.2, 0.25) is 0 Å². The van der Waals surface area contributed by atoms with Gasteiger partial charge >= 0.3 is 0 Å². The molecule has 2 aromatic carbocycles. The highest BCUT2D eigenvalue weighted by atomic mass is 32.1. The monoisotopic (exact) mass is 308 g/mol. The zero-order chi connectivity index (χ0) is 14.6. The summed E-state index contributed by atoms with van der Waals surface area (Å²) in [6.07, 6.45) is 0. The van der Waals surface area contributed by atoms with Gasteiger partial charge in [0.1, 0.15) is 5.71 Å². The van der Waals surface area contributed by atoms with E-state index >= 15 is 0 Å². The summed E-state index contributed by atoms with van der Waals surface area (Å²) in [6, 6.07) is 16.2. The zero-order valence-electron chi connectivity index (χ0n) is 11.4. The summed E-state index contributed by atoms with van der Waals surface area (Å²) in [5.41, 5.74) is 4.94. The van der Waals surface area contributed by atoms with Crippen LogP contribution >= 0.6 is 24.8 Å². The first-order valence-electron chi connectivity index (χ1n) is 6.67. The topological polar surface area (TPSA) is 17.3 Å². The SMILES string of the molecule is Cn1c(C2=Nc3ccccc3C2=S)c(S)c2ccccc21. The fourth-order valence-electron chi connectivity index (χ4n) is 2.87. The molecule has 0 saturated carbocycles. The summed E-state index contributed by atoms with van der Waals surface area (Å²) in [7, 11) is 2.03. The molecule has 4 heteroatoms. The maximum Gasteiger partial charge on any atom is 0.107 e. The Labute approximate surface area is 133 Å². The van der Waals surface area contributed by atoms with Crippen molar-refractivity contribution < 1.29 is 0 Å². The average molecular weight is 308 g/mol. The minimum absolute atomic E-state index is 0.798. The molecule has 1 aliphatic heterocycles. The van der Waals surface area contributed by atoms with Crippen LogP contribution in [0, 0.1) is 0 Å². The minimum atomic E-state index is 0.798. The van der Waals surface area contributed by atoms with Crippen molar-refractivity contribution in [1.29, 1.82) is 0 Å². The van der Waals surface area contributed by atoms with Gasteiger partial charge in [-0.15, -0.1) is 12.6 Å². The molecule has 0 fully saturated rings. The van der Waals surface area contributed by atoms with Crippen molar-refractivity contribution in [2.24, 2.45) is 12.0 Å². The van der Waals surface area contributed by atoms with Crippen LogP contribution in [0.4, 0.5) is 5.69 Å². The number of para-hydroxylation sites is 2. The molecule has 0 N–H and O–H groups in total. The number of aromatic nitrogens is 1. The number of hydrogen-bond donors (Lipinski definition) is 1. The molecule has 0 atom stereocenters. The van der Waals surface area contributed by atoms with Gasteiger partial charge in [0.15, 0.2) is 0 Å². The van der Waals surface area contributed by atoms with E-state index in [0.717, 1.165) is 43.3 Å². The Morgan fingerprint density at radius 1 is 1.05 bits per heavy atom. The Balaban J connectivity index is 2.00. The molecule has 102 valence electrons. The fraction of sp³-hybridized carbons (Fsp3) is 0.0588. The number of nitrogens with zero attached hydrogens (tertiary/aromatic N) is 2. The van der Waals surface area contributed by atoms with Crippen molar-refractivity contribution in [2.75, 3.05) is 0 Å². The van der Waals surface area contributed by atoms with Crippen LogP contribution < -0.4 is 0 Å². The minimum Gasteiger partial charge on any atom is -0.341 e. The molecule has 21 heavy (non-hydrogen) atoms. The van der Waals surface area contributed by atoms with Gasteiger partial charge in [-0.3, -0.25) is 0 Å². The average Bonchev–Trinajstić information content (AvgIpc) is 2.96. The summed E-state index contributed by atoms with van der Waals surface area (Å²) < 4.78 is 2.12. The van der Waals surface area contributed by atoms with Crippen LogP contribution in [0.3, 0.4) is 0 Å². The molecule has 4 rings (SSSR count). The second-order valence-electron chi connectivity index (χ2n) is 5.08. The predicted octanol–water partition coefficient (Wildman–Crippen LogP) is 4.32. The molecular formula is C17H12N2S2. The number of fused-ring (bicyclic) bond motifs is 2. The molecule has 2 heterocycles. The van der Waals surface area contributed by atoms with Gasteiger partial charge in [0, 0.05) is 28.4 Å². The first kappa shape index (κ1) is 12.8. The van der Waals surface area contributed by atoms with E-state index in [0.29, 0.717) is 0 Å². The lowest BCUT2D eigenvalue weighted by Gasteiger charge is -2.05. The van der Waals surface area contributed by atoms with E-state index < -0.39 is 0 Å². The highest BCUT2D eigenvalue weighted by Gasteiger charge is 2.26. The van der Waals surface area contributed by atoms with Crippen molar-refractivity contribution in [3.8, 4) is 0 Å². The summed E-state index contributed by atoms with van der Waals surface area (Å²) in [5.74, 6) is 0. The van der Waals surface area contributed by atoms with E-state index in [2.05, 4.69) is 16.7 Å². The second-order valence-corrected chi connectivity index (χ2v) is 5.94. The molecule has 2 nitrogen and oxygen atoms in total. The Morgan fingerprint density at radius 3 is 2.52 bits per heavy atom. The molecule has 0 amide bonds. The standard InChI is InChI=1S/C17H12N2S2/c1-19-13-9-5-3-7-11(13)17(21)15(19)14-16(20)10-6-2-4-8-12(10)18-14/h2-9,21H,1H3. The quantitative estimate of drug-likeness (QED) is 0.523. The van der Waals surface area contributed by atoms with Gasteiger partial charge < -0.3 is 4.57 Å². The number of aliphatic imine (C=N–C) groups is 1. The number of thiol groups is 1. The maximum atomic E-state index is 5.62. The van der Waals surface area contributed by atoms with Gasteiger partial charge in [-0.2, -0.15) is 0 Å². The number of rotatable bonds is 1. The summed E-state index contributed by atoms with van der Waals surface area (Å²) in [6.45, 7) is 0. The molecule has 0 aliphatic carbocycles. The van der Waals surface area contributed by atoms with Gasteiger partial charge in [0.2, 0.25) is 0 Å². The van der Waals surface area contributed by atoms with Crippen LogP contribution in [0.5, 0.6) is 0 Å². The molecule has 0 unspecified atom stereocenters. The third-order valence-corrected chi connectivity index (χ3v) is 4.77. The molecule has 0 saturated heterocycles. The highest BCUT2D eigenvalue weighted by molar-refractivity contribution is 7.83. The maximum absolute atomic E-state index is 5.62. The van der Waals surface area contributed by atoms with Gasteiger partial charge in [-0.05, 0) is 12.1 Å². The summed E-state index contributed by atoms with van der Waals surface area (Å²) in [4.78, 5) is 6.46. The van der Waals surface area contributed by atoms with E-state index in [1.807, 2.05) is 43.4 Å². The molecule has 0 bridgehead atoms. The van der Waals surface area contributed by atoms with Crippen molar-refractivity contribution >= 4 is 52.0 Å². The van der Waals surface area contributed by atoms with Gasteiger partial charge in [-0.25, -0.2) is 4.99 Å². The predicted molar refractivity (Wildman–Crippen MR) is 94.5 cm³/mol. The van der Waals surface area contributed by atoms with Gasteiger partial charge in [-0.1, -0.05) is 48.6 Å². The third-order valence-electron chi connectivity index (χ3n) is 3.90. The number of benzene rings is 2. The normalized spacial score (nSPS) is 13.6. The van der Waals surface area contributed by atoms with Crippen LogP contribution in [0.1, 0.15) is 11.3 Å². The lowest BCUT2D eigenvalue weighted by molar-refractivity contribution is 0.944. The number of aryl methyl sites for hydroxylation is 1. The molecule has 0 spiro atoms. The lowest BCUT2D eigenvalue weighted by atomic mass is 10.1. The van der Waals surface area contributed by atoms with Crippen LogP contribution in [-0.2, 0) is 7.05 Å². The Kier molecular flexibility index (Phi) is 2.77. The summed E-state index contributed by atoms with van der Waals surface area (Å²) >= 11 is 10.3. The first-order chi connectivity index (χ1) is 10.2. The van der Waals surface area contributed by atoms with Crippen molar-refractivity contribution in [3.63, 3.8) is 0 Å². The Morgan fingerprint density at radius 2 is 1.76 bits per heavy atom. The Bertz CT molecular complexity index is 896. The smallest absolute Gasteiger partial charge is 0.107 e. The fourth-order valence-corrected chi connectivity index (χ4v) is 3.63. The molecule has 1 aromatic heterocycles. The lowest BCUT2D eigenvalue weighted by Crippen LogP contribution is -2.14. The van der Waals surface area contributed by atoms with Crippen LogP contribution in [-0.4, -0.2) is 15.1 Å². The van der Waals surface area contributed by atoms with Crippen molar-refractivity contribution in [3.05, 3.63) is 59.8 Å². The number of hydrogen-bond acceptors (Lipinski definition) is 3.